The van der Waals surface area contributed by atoms with Gasteiger partial charge in [-0.2, -0.15) is 8.78 Å². The summed E-state index contributed by atoms with van der Waals surface area (Å²) in [4.78, 5) is 26.8. The van der Waals surface area contributed by atoms with Crippen LogP contribution in [-0.2, 0) is 4.79 Å². The van der Waals surface area contributed by atoms with E-state index in [0.29, 0.717) is 15.9 Å². The van der Waals surface area contributed by atoms with E-state index < -0.39 is 12.3 Å². The molecule has 0 saturated carbocycles. The molecule has 6 nitrogen and oxygen atoms in total. The van der Waals surface area contributed by atoms with Crippen LogP contribution in [0.15, 0.2) is 36.4 Å². The number of alkyl halides is 2. The number of para-hydroxylation sites is 2. The lowest BCUT2D eigenvalue weighted by Crippen LogP contribution is -2.57. The molecule has 3 saturated heterocycles. The zero-order chi connectivity index (χ0) is 20.4. The van der Waals surface area contributed by atoms with Gasteiger partial charge in [0.15, 0.2) is 10.8 Å². The number of carbonyl (C=O) groups excluding carboxylic acids is 2. The van der Waals surface area contributed by atoms with Crippen LogP contribution in [0.2, 0.25) is 0 Å². The van der Waals surface area contributed by atoms with Gasteiger partial charge in [0.25, 0.3) is 11.8 Å². The fourth-order valence-electron chi connectivity index (χ4n) is 3.82. The third kappa shape index (κ3) is 4.56. The highest BCUT2D eigenvalue weighted by atomic mass is 32.1. The predicted molar refractivity (Wildman–Crippen MR) is 106 cm³/mol. The minimum Gasteiger partial charge on any atom is -0.444 e. The van der Waals surface area contributed by atoms with E-state index in [1.54, 1.807) is 30.3 Å². The molecule has 2 N–H and O–H groups in total. The molecule has 2 aromatic rings. The van der Waals surface area contributed by atoms with Gasteiger partial charge in [-0.15, -0.1) is 0 Å². The molecule has 2 bridgehead atoms. The summed E-state index contributed by atoms with van der Waals surface area (Å²) in [6, 6.07) is 9.82. The fourth-order valence-corrected chi connectivity index (χ4v) is 4.59. The van der Waals surface area contributed by atoms with E-state index in [1.807, 2.05) is 0 Å². The second kappa shape index (κ2) is 8.46. The molecular formula is C20H21F2N3O3S. The van der Waals surface area contributed by atoms with E-state index >= 15 is 0 Å². The summed E-state index contributed by atoms with van der Waals surface area (Å²) in [5.74, 6) is -0.773. The van der Waals surface area contributed by atoms with Gasteiger partial charge in [0.2, 0.25) is 0 Å². The number of carbonyl (C=O) groups is 2. The normalized spacial score (nSPS) is 23.1. The Morgan fingerprint density at radius 3 is 2.59 bits per heavy atom. The van der Waals surface area contributed by atoms with Crippen LogP contribution in [0, 0.1) is 5.92 Å². The highest BCUT2D eigenvalue weighted by Crippen LogP contribution is 2.34. The third-order valence-electron chi connectivity index (χ3n) is 5.33. The molecule has 2 amide bonds. The van der Waals surface area contributed by atoms with Crippen molar-refractivity contribution >= 4 is 28.8 Å². The van der Waals surface area contributed by atoms with Gasteiger partial charge in [0.05, 0.1) is 10.6 Å². The van der Waals surface area contributed by atoms with Crippen molar-refractivity contribution in [2.24, 2.45) is 5.92 Å². The number of fused-ring (bicyclic) bond motifs is 3. The Kier molecular flexibility index (Phi) is 5.77. The van der Waals surface area contributed by atoms with E-state index in [9.17, 15) is 18.4 Å². The van der Waals surface area contributed by atoms with Gasteiger partial charge < -0.3 is 20.3 Å². The quantitative estimate of drug-likeness (QED) is 0.748. The average molecular weight is 421 g/mol. The lowest BCUT2D eigenvalue weighted by atomic mass is 9.84. The molecule has 1 aromatic heterocycles. The van der Waals surface area contributed by atoms with Crippen molar-refractivity contribution in [2.75, 3.05) is 25.0 Å². The van der Waals surface area contributed by atoms with Crippen LogP contribution in [0.3, 0.4) is 0 Å². The highest BCUT2D eigenvalue weighted by Gasteiger charge is 2.35. The molecule has 29 heavy (non-hydrogen) atoms. The standard InChI is InChI=1S/C20H21F2N3O3S/c21-18(22)20(27)23-13-3-1-2-4-15(13)28-17-6-5-16(29-17)19(26)24-14-11-25-9-7-12(14)8-10-25/h1-6,12,14,18H,7-11H2,(H,23,27)(H,24,26). The van der Waals surface area contributed by atoms with Crippen molar-refractivity contribution in [2.45, 2.75) is 25.3 Å². The Morgan fingerprint density at radius 2 is 1.90 bits per heavy atom. The minimum absolute atomic E-state index is 0.136. The second-order valence-corrected chi connectivity index (χ2v) is 8.27. The molecule has 1 unspecified atom stereocenters. The minimum atomic E-state index is -3.12. The van der Waals surface area contributed by atoms with E-state index in [1.165, 1.54) is 17.4 Å². The summed E-state index contributed by atoms with van der Waals surface area (Å²) in [5, 5.41) is 5.70. The number of benzene rings is 1. The van der Waals surface area contributed by atoms with Gasteiger partial charge in [-0.1, -0.05) is 23.5 Å². The Hall–Kier alpha value is -2.52. The van der Waals surface area contributed by atoms with Crippen molar-refractivity contribution in [3.63, 3.8) is 0 Å². The SMILES string of the molecule is O=C(NC1CN2CCC1CC2)c1ccc(Oc2ccccc2NC(=O)C(F)F)s1. The molecule has 9 heteroatoms. The van der Waals surface area contributed by atoms with Crippen molar-refractivity contribution in [1.29, 1.82) is 0 Å². The molecule has 3 aliphatic heterocycles. The molecule has 3 aliphatic rings. The maximum atomic E-state index is 12.6. The molecule has 154 valence electrons. The lowest BCUT2D eigenvalue weighted by molar-refractivity contribution is -0.126. The van der Waals surface area contributed by atoms with Crippen LogP contribution in [0.5, 0.6) is 10.8 Å². The van der Waals surface area contributed by atoms with Gasteiger partial charge >= 0.3 is 6.43 Å². The number of halogens is 2. The number of rotatable bonds is 6. The van der Waals surface area contributed by atoms with Gasteiger partial charge in [-0.25, -0.2) is 0 Å². The van der Waals surface area contributed by atoms with Crippen LogP contribution >= 0.6 is 11.3 Å². The van der Waals surface area contributed by atoms with Crippen LogP contribution in [-0.4, -0.2) is 48.8 Å². The van der Waals surface area contributed by atoms with Crippen molar-refractivity contribution in [3.05, 3.63) is 41.3 Å². The number of nitrogens with zero attached hydrogens (tertiary/aromatic N) is 1. The zero-order valence-corrected chi connectivity index (χ0v) is 16.4. The molecule has 1 aromatic carbocycles. The van der Waals surface area contributed by atoms with Crippen LogP contribution in [0.1, 0.15) is 22.5 Å². The van der Waals surface area contributed by atoms with Crippen LogP contribution in [0.4, 0.5) is 14.5 Å². The van der Waals surface area contributed by atoms with Crippen molar-refractivity contribution in [3.8, 4) is 10.8 Å². The average Bonchev–Trinajstić information content (AvgIpc) is 3.19. The number of piperidine rings is 3. The van der Waals surface area contributed by atoms with Crippen LogP contribution in [0.25, 0.3) is 0 Å². The van der Waals surface area contributed by atoms with E-state index in [2.05, 4.69) is 15.5 Å². The van der Waals surface area contributed by atoms with Crippen LogP contribution < -0.4 is 15.4 Å². The number of ether oxygens (including phenoxy) is 1. The number of nitrogens with one attached hydrogen (secondary N) is 2. The molecule has 0 spiro atoms. The zero-order valence-electron chi connectivity index (χ0n) is 15.6. The number of anilines is 1. The first kappa shape index (κ1) is 19.8. The van der Waals surface area contributed by atoms with E-state index in [-0.39, 0.29) is 23.4 Å². The fraction of sp³-hybridized carbons (Fsp3) is 0.400. The van der Waals surface area contributed by atoms with Gasteiger partial charge in [-0.05, 0) is 56.1 Å². The molecule has 3 fully saturated rings. The largest absolute Gasteiger partial charge is 0.444 e. The monoisotopic (exact) mass is 421 g/mol. The molecule has 1 atom stereocenters. The van der Waals surface area contributed by atoms with E-state index in [4.69, 9.17) is 4.74 Å². The van der Waals surface area contributed by atoms with E-state index in [0.717, 1.165) is 32.5 Å². The Bertz CT molecular complexity index is 897. The van der Waals surface area contributed by atoms with Crippen molar-refractivity contribution in [1.82, 2.24) is 10.2 Å². The first-order valence-corrected chi connectivity index (χ1v) is 10.3. The summed E-state index contributed by atoms with van der Waals surface area (Å²) >= 11 is 1.17. The maximum absolute atomic E-state index is 12.6. The summed E-state index contributed by atoms with van der Waals surface area (Å²) in [6.45, 7) is 3.10. The number of amides is 2. The Labute approximate surface area is 170 Å². The number of thiophene rings is 1. The number of hydrogen-bond donors (Lipinski definition) is 2. The first-order chi connectivity index (χ1) is 14.0. The third-order valence-corrected chi connectivity index (χ3v) is 6.29. The molecule has 5 rings (SSSR count). The molecule has 0 aliphatic carbocycles. The molecule has 4 heterocycles. The number of hydrogen-bond acceptors (Lipinski definition) is 5. The lowest BCUT2D eigenvalue weighted by Gasteiger charge is -2.44. The maximum Gasteiger partial charge on any atom is 0.315 e. The molecule has 0 radical (unpaired) electrons. The second-order valence-electron chi connectivity index (χ2n) is 7.22. The highest BCUT2D eigenvalue weighted by molar-refractivity contribution is 7.15. The summed E-state index contributed by atoms with van der Waals surface area (Å²) < 4.78 is 30.8. The Balaban J connectivity index is 1.41. The smallest absolute Gasteiger partial charge is 0.315 e. The van der Waals surface area contributed by atoms with Gasteiger partial charge in [-0.3, -0.25) is 9.59 Å². The predicted octanol–water partition coefficient (Wildman–Crippen LogP) is 3.57. The molecular weight excluding hydrogens is 400 g/mol. The summed E-state index contributed by atoms with van der Waals surface area (Å²) in [7, 11) is 0. The van der Waals surface area contributed by atoms with Gasteiger partial charge in [0.1, 0.15) is 0 Å². The van der Waals surface area contributed by atoms with Gasteiger partial charge in [0, 0.05) is 12.6 Å². The topological polar surface area (TPSA) is 70.7 Å². The Morgan fingerprint density at radius 1 is 1.14 bits per heavy atom. The van der Waals surface area contributed by atoms with Crippen molar-refractivity contribution < 1.29 is 23.1 Å². The summed E-state index contributed by atoms with van der Waals surface area (Å²) in [6.07, 6.45) is -0.887. The summed E-state index contributed by atoms with van der Waals surface area (Å²) in [5.41, 5.74) is 0.143. The first-order valence-electron chi connectivity index (χ1n) is 9.48.